The molecule has 0 aliphatic carbocycles. The van der Waals surface area contributed by atoms with E-state index in [1.807, 2.05) is 11.8 Å². The van der Waals surface area contributed by atoms with E-state index in [4.69, 9.17) is 0 Å². The molecular formula is C19H21FN2O2. The summed E-state index contributed by atoms with van der Waals surface area (Å²) in [6.45, 7) is 2.45. The fraction of sp³-hybridized carbons (Fsp3) is 0.368. The number of halogens is 1. The summed E-state index contributed by atoms with van der Waals surface area (Å²) >= 11 is 0. The molecule has 1 aromatic carbocycles. The SMILES string of the molecule is Cc1cc(=O)cc(C(=O)N2CCCC[C@H]2c2ccc(F)cc2)n1C. The Bertz CT molecular complexity index is 811. The Morgan fingerprint density at radius 2 is 1.88 bits per heavy atom. The number of pyridine rings is 1. The van der Waals surface area contributed by atoms with Crippen LogP contribution in [0.5, 0.6) is 0 Å². The van der Waals surface area contributed by atoms with Crippen LogP contribution in [0.3, 0.4) is 0 Å². The number of aryl methyl sites for hydroxylation is 1. The lowest BCUT2D eigenvalue weighted by atomic mass is 9.94. The third-order valence-corrected chi connectivity index (χ3v) is 4.76. The zero-order valence-corrected chi connectivity index (χ0v) is 14.0. The number of aromatic nitrogens is 1. The van der Waals surface area contributed by atoms with Crippen molar-refractivity contribution in [3.05, 3.63) is 69.4 Å². The molecule has 1 fully saturated rings. The molecule has 4 nitrogen and oxygen atoms in total. The van der Waals surface area contributed by atoms with Crippen LogP contribution in [-0.4, -0.2) is 21.9 Å². The quantitative estimate of drug-likeness (QED) is 0.849. The fourth-order valence-electron chi connectivity index (χ4n) is 3.32. The van der Waals surface area contributed by atoms with Crippen LogP contribution in [-0.2, 0) is 7.05 Å². The Labute approximate surface area is 140 Å². The van der Waals surface area contributed by atoms with E-state index in [1.54, 1.807) is 23.7 Å². The van der Waals surface area contributed by atoms with Gasteiger partial charge in [0.05, 0.1) is 6.04 Å². The van der Waals surface area contributed by atoms with Crippen LogP contribution in [0.2, 0.25) is 0 Å². The molecule has 1 aliphatic heterocycles. The molecule has 0 unspecified atom stereocenters. The fourth-order valence-corrected chi connectivity index (χ4v) is 3.32. The summed E-state index contributed by atoms with van der Waals surface area (Å²) in [6, 6.07) is 9.16. The zero-order chi connectivity index (χ0) is 17.3. The molecule has 3 rings (SSSR count). The number of carbonyl (C=O) groups excluding carboxylic acids is 1. The first kappa shape index (κ1) is 16.4. The number of carbonyl (C=O) groups is 1. The number of hydrogen-bond donors (Lipinski definition) is 0. The molecule has 24 heavy (non-hydrogen) atoms. The molecule has 1 aliphatic rings. The summed E-state index contributed by atoms with van der Waals surface area (Å²) in [6.07, 6.45) is 2.80. The number of nitrogens with zero attached hydrogens (tertiary/aromatic N) is 2. The van der Waals surface area contributed by atoms with Crippen molar-refractivity contribution in [1.29, 1.82) is 0 Å². The van der Waals surface area contributed by atoms with Crippen LogP contribution in [0.4, 0.5) is 4.39 Å². The van der Waals surface area contributed by atoms with Crippen molar-refractivity contribution >= 4 is 5.91 Å². The number of benzene rings is 1. The van der Waals surface area contributed by atoms with Gasteiger partial charge in [0.25, 0.3) is 5.91 Å². The number of rotatable bonds is 2. The molecular weight excluding hydrogens is 307 g/mol. The number of hydrogen-bond acceptors (Lipinski definition) is 2. The van der Waals surface area contributed by atoms with Crippen LogP contribution < -0.4 is 5.43 Å². The molecule has 0 saturated carbocycles. The van der Waals surface area contributed by atoms with Gasteiger partial charge in [-0.2, -0.15) is 0 Å². The van der Waals surface area contributed by atoms with Gasteiger partial charge in [0.1, 0.15) is 11.5 Å². The molecule has 0 bridgehead atoms. The van der Waals surface area contributed by atoms with Crippen molar-refractivity contribution in [2.75, 3.05) is 6.54 Å². The van der Waals surface area contributed by atoms with E-state index in [2.05, 4.69) is 0 Å². The van der Waals surface area contributed by atoms with Gasteiger partial charge in [0, 0.05) is 31.4 Å². The summed E-state index contributed by atoms with van der Waals surface area (Å²) in [5.41, 5.74) is 1.92. The highest BCUT2D eigenvalue weighted by molar-refractivity contribution is 5.93. The van der Waals surface area contributed by atoms with Crippen molar-refractivity contribution in [2.45, 2.75) is 32.2 Å². The Morgan fingerprint density at radius 1 is 1.17 bits per heavy atom. The first-order chi connectivity index (χ1) is 11.5. The summed E-state index contributed by atoms with van der Waals surface area (Å²) < 4.78 is 14.9. The molecule has 1 saturated heterocycles. The first-order valence-corrected chi connectivity index (χ1v) is 8.21. The lowest BCUT2D eigenvalue weighted by Crippen LogP contribution is -2.40. The summed E-state index contributed by atoms with van der Waals surface area (Å²) in [5.74, 6) is -0.430. The number of likely N-dealkylation sites (tertiary alicyclic amines) is 1. The smallest absolute Gasteiger partial charge is 0.271 e. The largest absolute Gasteiger partial charge is 0.344 e. The molecule has 2 aromatic rings. The minimum Gasteiger partial charge on any atom is -0.344 e. The Balaban J connectivity index is 1.97. The van der Waals surface area contributed by atoms with E-state index in [0.29, 0.717) is 12.2 Å². The van der Waals surface area contributed by atoms with Gasteiger partial charge in [-0.05, 0) is 43.9 Å². The summed E-state index contributed by atoms with van der Waals surface area (Å²) in [4.78, 5) is 26.7. The highest BCUT2D eigenvalue weighted by atomic mass is 19.1. The minimum absolute atomic E-state index is 0.0811. The van der Waals surface area contributed by atoms with Gasteiger partial charge in [0.2, 0.25) is 0 Å². The van der Waals surface area contributed by atoms with Gasteiger partial charge in [-0.3, -0.25) is 9.59 Å². The summed E-state index contributed by atoms with van der Waals surface area (Å²) in [5, 5.41) is 0. The first-order valence-electron chi connectivity index (χ1n) is 8.21. The van der Waals surface area contributed by atoms with E-state index in [1.165, 1.54) is 24.3 Å². The number of amides is 1. The van der Waals surface area contributed by atoms with Crippen molar-refractivity contribution in [3.63, 3.8) is 0 Å². The molecule has 1 amide bonds. The van der Waals surface area contributed by atoms with Gasteiger partial charge in [-0.25, -0.2) is 4.39 Å². The second kappa shape index (κ2) is 6.59. The van der Waals surface area contributed by atoms with Gasteiger partial charge in [0.15, 0.2) is 5.43 Å². The molecule has 126 valence electrons. The molecule has 0 spiro atoms. The van der Waals surface area contributed by atoms with Crippen molar-refractivity contribution in [1.82, 2.24) is 9.47 Å². The lowest BCUT2D eigenvalue weighted by Gasteiger charge is -2.36. The average Bonchev–Trinajstić information content (AvgIpc) is 2.58. The van der Waals surface area contributed by atoms with Gasteiger partial charge in [-0.15, -0.1) is 0 Å². The predicted molar refractivity (Wildman–Crippen MR) is 90.4 cm³/mol. The molecule has 0 radical (unpaired) electrons. The third kappa shape index (κ3) is 3.11. The van der Waals surface area contributed by atoms with Gasteiger partial charge in [-0.1, -0.05) is 12.1 Å². The molecule has 2 heterocycles. The second-order valence-corrected chi connectivity index (χ2v) is 6.34. The Hall–Kier alpha value is -2.43. The van der Waals surface area contributed by atoms with E-state index in [0.717, 1.165) is 30.5 Å². The molecule has 5 heteroatoms. The number of piperidine rings is 1. The van der Waals surface area contributed by atoms with Crippen LogP contribution in [0.1, 0.15) is 47.1 Å². The summed E-state index contributed by atoms with van der Waals surface area (Å²) in [7, 11) is 1.79. The van der Waals surface area contributed by atoms with Crippen molar-refractivity contribution < 1.29 is 9.18 Å². The Morgan fingerprint density at radius 3 is 2.58 bits per heavy atom. The lowest BCUT2D eigenvalue weighted by molar-refractivity contribution is 0.0600. The molecule has 1 atom stereocenters. The van der Waals surface area contributed by atoms with E-state index in [-0.39, 0.29) is 23.2 Å². The van der Waals surface area contributed by atoms with E-state index in [9.17, 15) is 14.0 Å². The predicted octanol–water partition coefficient (Wildman–Crippen LogP) is 3.20. The maximum Gasteiger partial charge on any atom is 0.271 e. The van der Waals surface area contributed by atoms with Crippen LogP contribution in [0.15, 0.2) is 41.2 Å². The standard InChI is InChI=1S/C19H21FN2O2/c1-13-11-16(23)12-18(21(13)2)19(24)22-10-4-3-5-17(22)14-6-8-15(20)9-7-14/h6-9,11-12,17H,3-5,10H2,1-2H3/t17-/m0/s1. The van der Waals surface area contributed by atoms with Crippen molar-refractivity contribution in [2.24, 2.45) is 7.05 Å². The van der Waals surface area contributed by atoms with Gasteiger partial charge < -0.3 is 9.47 Å². The highest BCUT2D eigenvalue weighted by Gasteiger charge is 2.30. The van der Waals surface area contributed by atoms with Crippen LogP contribution in [0.25, 0.3) is 0 Å². The zero-order valence-electron chi connectivity index (χ0n) is 14.0. The van der Waals surface area contributed by atoms with Gasteiger partial charge >= 0.3 is 0 Å². The van der Waals surface area contributed by atoms with Crippen LogP contribution >= 0.6 is 0 Å². The third-order valence-electron chi connectivity index (χ3n) is 4.76. The topological polar surface area (TPSA) is 42.3 Å². The molecule has 0 N–H and O–H groups in total. The monoisotopic (exact) mass is 328 g/mol. The van der Waals surface area contributed by atoms with E-state index < -0.39 is 0 Å². The highest BCUT2D eigenvalue weighted by Crippen LogP contribution is 2.32. The maximum absolute atomic E-state index is 13.2. The van der Waals surface area contributed by atoms with Crippen LogP contribution in [0, 0.1) is 12.7 Å². The Kier molecular flexibility index (Phi) is 4.51. The van der Waals surface area contributed by atoms with E-state index >= 15 is 0 Å². The average molecular weight is 328 g/mol. The van der Waals surface area contributed by atoms with Crippen molar-refractivity contribution in [3.8, 4) is 0 Å². The normalized spacial score (nSPS) is 17.8. The maximum atomic E-state index is 13.2. The molecule has 1 aromatic heterocycles. The second-order valence-electron chi connectivity index (χ2n) is 6.34. The minimum atomic E-state index is -0.284.